The molecule has 0 aliphatic rings. The molecule has 0 spiro atoms. The fourth-order valence-corrected chi connectivity index (χ4v) is 1.15. The Bertz CT molecular complexity index is 170. The third kappa shape index (κ3) is 4.10. The molecule has 0 aromatic carbocycles. The molecule has 0 aromatic rings. The molecule has 64 valence electrons. The predicted octanol–water partition coefficient (Wildman–Crippen LogP) is -0.721. The Hall–Kier alpha value is -0.420. The van der Waals surface area contributed by atoms with Crippen LogP contribution in [-0.4, -0.2) is 27.8 Å². The van der Waals surface area contributed by atoms with Gasteiger partial charge in [0, 0.05) is 6.04 Å². The number of hydrogen-bond donors (Lipinski definition) is 0. The molecule has 0 fully saturated rings. The van der Waals surface area contributed by atoms with Gasteiger partial charge in [0.25, 0.3) is 0 Å². The Kier molecular flexibility index (Phi) is 4.29. The van der Waals surface area contributed by atoms with Crippen molar-refractivity contribution in [1.82, 2.24) is 4.90 Å². The van der Waals surface area contributed by atoms with E-state index in [0.29, 0.717) is 0 Å². The maximum absolute atomic E-state index is 10.2. The number of carbonyl (C=O) groups is 1. The normalized spacial score (nSPS) is 9.73. The van der Waals surface area contributed by atoms with Gasteiger partial charge in [-0.15, -0.1) is 0 Å². The van der Waals surface area contributed by atoms with Gasteiger partial charge in [-0.3, -0.25) is 0 Å². The maximum atomic E-state index is 10.2. The van der Waals surface area contributed by atoms with Gasteiger partial charge in [-0.25, -0.2) is 0 Å². The molecule has 5 heteroatoms. The minimum atomic E-state index is -1.16. The Morgan fingerprint density at radius 1 is 1.73 bits per heavy atom. The van der Waals surface area contributed by atoms with Crippen LogP contribution in [0.5, 0.6) is 0 Å². The van der Waals surface area contributed by atoms with E-state index in [1.54, 1.807) is 0 Å². The number of nitrogens with zero attached hydrogens (tertiary/aromatic N) is 1. The van der Waals surface area contributed by atoms with Gasteiger partial charge in [-0.2, -0.15) is 0 Å². The number of carboxylic acid groups (broad SMARTS) is 1. The van der Waals surface area contributed by atoms with Gasteiger partial charge in [-0.05, 0) is 13.8 Å². The minimum Gasteiger partial charge on any atom is -0.548 e. The summed E-state index contributed by atoms with van der Waals surface area (Å²) in [6, 6.07) is 0.0119. The van der Waals surface area contributed by atoms with Crippen LogP contribution in [0.25, 0.3) is 0 Å². The molecule has 0 heterocycles. The van der Waals surface area contributed by atoms with Crippen molar-refractivity contribution in [3.63, 3.8) is 0 Å². The first-order chi connectivity index (χ1) is 4.95. The average molecular weight is 191 g/mol. The summed E-state index contributed by atoms with van der Waals surface area (Å²) < 4.78 is 0.171. The smallest absolute Gasteiger partial charge is 0.0607 e. The lowest BCUT2D eigenvalue weighted by Crippen LogP contribution is -2.43. The number of carboxylic acids is 1. The predicted molar refractivity (Wildman–Crippen MR) is 46.8 cm³/mol. The standard InChI is InChI=1S/C6H11NO2S2/c1-4(2)7(6(10)11)3-5(8)9/h4H,3H2,1-2H3,(H,8,9)(H,10,11)/p-2. The third-order valence-electron chi connectivity index (χ3n) is 1.16. The van der Waals surface area contributed by atoms with Crippen LogP contribution in [0.3, 0.4) is 0 Å². The summed E-state index contributed by atoms with van der Waals surface area (Å²) in [5.74, 6) is -1.16. The molecule has 0 aliphatic heterocycles. The third-order valence-corrected chi connectivity index (χ3v) is 1.63. The molecule has 0 aromatic heterocycles. The molecule has 0 rings (SSSR count). The van der Waals surface area contributed by atoms with Crippen LogP contribution < -0.4 is 5.11 Å². The zero-order valence-electron chi connectivity index (χ0n) is 6.36. The van der Waals surface area contributed by atoms with Crippen LogP contribution in [0.2, 0.25) is 0 Å². The van der Waals surface area contributed by atoms with Crippen LogP contribution in [0.4, 0.5) is 0 Å². The lowest BCUT2D eigenvalue weighted by atomic mass is 10.3. The molecule has 0 saturated carbocycles. The average Bonchev–Trinajstić information content (AvgIpc) is 1.81. The lowest BCUT2D eigenvalue weighted by molar-refractivity contribution is -0.305. The highest BCUT2D eigenvalue weighted by Gasteiger charge is 2.04. The Morgan fingerprint density at radius 2 is 2.18 bits per heavy atom. The first-order valence-corrected chi connectivity index (χ1v) is 3.94. The highest BCUT2D eigenvalue weighted by atomic mass is 32.1. The van der Waals surface area contributed by atoms with Crippen molar-refractivity contribution in [2.45, 2.75) is 19.9 Å². The SMILES string of the molecule is CC(C)N(CC(=O)[O-])C(=S)[S-]. The van der Waals surface area contributed by atoms with Crippen molar-refractivity contribution >= 4 is 35.1 Å². The summed E-state index contributed by atoms with van der Waals surface area (Å²) in [4.78, 5) is 11.6. The molecule has 0 saturated heterocycles. The summed E-state index contributed by atoms with van der Waals surface area (Å²) in [5.41, 5.74) is 0. The maximum Gasteiger partial charge on any atom is 0.0607 e. The van der Waals surface area contributed by atoms with Crippen molar-refractivity contribution in [1.29, 1.82) is 0 Å². The van der Waals surface area contributed by atoms with Crippen LogP contribution in [0, 0.1) is 0 Å². The second kappa shape index (κ2) is 4.46. The Balaban J connectivity index is 4.12. The van der Waals surface area contributed by atoms with E-state index >= 15 is 0 Å². The second-order valence-electron chi connectivity index (χ2n) is 2.36. The molecular formula is C6H9NO2S2-2. The van der Waals surface area contributed by atoms with E-state index < -0.39 is 5.97 Å². The zero-order valence-corrected chi connectivity index (χ0v) is 8.00. The monoisotopic (exact) mass is 191 g/mol. The first kappa shape index (κ1) is 10.6. The molecular weight excluding hydrogens is 182 g/mol. The Morgan fingerprint density at radius 3 is 2.27 bits per heavy atom. The van der Waals surface area contributed by atoms with Gasteiger partial charge in [0.2, 0.25) is 0 Å². The summed E-state index contributed by atoms with van der Waals surface area (Å²) in [6.07, 6.45) is 0. The molecule has 0 amide bonds. The zero-order chi connectivity index (χ0) is 9.02. The summed E-state index contributed by atoms with van der Waals surface area (Å²) >= 11 is 9.32. The summed E-state index contributed by atoms with van der Waals surface area (Å²) in [5, 5.41) is 10.2. The topological polar surface area (TPSA) is 43.4 Å². The van der Waals surface area contributed by atoms with Crippen LogP contribution in [0.15, 0.2) is 0 Å². The van der Waals surface area contributed by atoms with Crippen molar-refractivity contribution in [2.75, 3.05) is 6.54 Å². The fourth-order valence-electron chi connectivity index (χ4n) is 0.597. The van der Waals surface area contributed by atoms with E-state index in [-0.39, 0.29) is 16.9 Å². The van der Waals surface area contributed by atoms with Crippen molar-refractivity contribution in [3.8, 4) is 0 Å². The molecule has 0 bridgehead atoms. The number of rotatable bonds is 3. The molecule has 0 aliphatic carbocycles. The quantitative estimate of drug-likeness (QED) is 0.435. The van der Waals surface area contributed by atoms with E-state index in [1.807, 2.05) is 13.8 Å². The molecule has 11 heavy (non-hydrogen) atoms. The lowest BCUT2D eigenvalue weighted by Gasteiger charge is -2.32. The van der Waals surface area contributed by atoms with E-state index in [2.05, 4.69) is 24.8 Å². The van der Waals surface area contributed by atoms with Crippen LogP contribution in [-0.2, 0) is 17.4 Å². The number of carbonyl (C=O) groups excluding carboxylic acids is 1. The van der Waals surface area contributed by atoms with Crippen molar-refractivity contribution in [3.05, 3.63) is 0 Å². The van der Waals surface area contributed by atoms with Gasteiger partial charge >= 0.3 is 0 Å². The van der Waals surface area contributed by atoms with E-state index in [4.69, 9.17) is 0 Å². The number of thiocarbonyl (C=S) groups is 1. The first-order valence-electron chi connectivity index (χ1n) is 3.12. The van der Waals surface area contributed by atoms with Crippen LogP contribution in [0.1, 0.15) is 13.8 Å². The highest BCUT2D eigenvalue weighted by Crippen LogP contribution is 1.98. The van der Waals surface area contributed by atoms with Crippen molar-refractivity contribution < 1.29 is 9.90 Å². The van der Waals surface area contributed by atoms with Gasteiger partial charge in [0.1, 0.15) is 0 Å². The number of hydrogen-bond acceptors (Lipinski definition) is 4. The van der Waals surface area contributed by atoms with Gasteiger partial charge in [0.05, 0.1) is 12.5 Å². The fraction of sp³-hybridized carbons (Fsp3) is 0.667. The Labute approximate surface area is 76.8 Å². The number of aliphatic carboxylic acids is 1. The molecule has 3 nitrogen and oxygen atoms in total. The largest absolute Gasteiger partial charge is 0.548 e. The minimum absolute atomic E-state index is 0.0119. The van der Waals surface area contributed by atoms with Gasteiger partial charge < -0.3 is 39.6 Å². The van der Waals surface area contributed by atoms with Gasteiger partial charge in [-0.1, -0.05) is 4.32 Å². The second-order valence-corrected chi connectivity index (χ2v) is 3.39. The molecule has 0 N–H and O–H groups in total. The highest BCUT2D eigenvalue weighted by molar-refractivity contribution is 8.00. The van der Waals surface area contributed by atoms with Crippen molar-refractivity contribution in [2.24, 2.45) is 0 Å². The molecule has 0 radical (unpaired) electrons. The van der Waals surface area contributed by atoms with E-state index in [0.717, 1.165) is 0 Å². The molecule has 0 unspecified atom stereocenters. The summed E-state index contributed by atoms with van der Waals surface area (Å²) in [6.45, 7) is 3.42. The van der Waals surface area contributed by atoms with Gasteiger partial charge in [0.15, 0.2) is 0 Å². The van der Waals surface area contributed by atoms with E-state index in [9.17, 15) is 9.90 Å². The van der Waals surface area contributed by atoms with Crippen LogP contribution >= 0.6 is 12.2 Å². The summed E-state index contributed by atoms with van der Waals surface area (Å²) in [7, 11) is 0. The molecule has 0 atom stereocenters. The van der Waals surface area contributed by atoms with E-state index in [1.165, 1.54) is 4.90 Å².